The second-order valence-corrected chi connectivity index (χ2v) is 4.77. The third-order valence-corrected chi connectivity index (χ3v) is 3.49. The Hall–Kier alpha value is -1.83. The van der Waals surface area contributed by atoms with Crippen LogP contribution in [0.25, 0.3) is 5.52 Å². The van der Waals surface area contributed by atoms with Crippen LogP contribution in [0.2, 0.25) is 0 Å². The zero-order chi connectivity index (χ0) is 13.4. The van der Waals surface area contributed by atoms with Crippen LogP contribution in [0.15, 0.2) is 24.4 Å². The minimum atomic E-state index is -0.0873. The minimum Gasteiger partial charge on any atom is -0.733 e. The zero-order valence-electron chi connectivity index (χ0n) is 10.7. The third kappa shape index (κ3) is 2.12. The molecule has 1 saturated heterocycles. The van der Waals surface area contributed by atoms with Crippen LogP contribution in [0.1, 0.15) is 0 Å². The van der Waals surface area contributed by atoms with Gasteiger partial charge in [-0.1, -0.05) is 6.07 Å². The van der Waals surface area contributed by atoms with Crippen molar-refractivity contribution in [2.45, 2.75) is 0 Å². The van der Waals surface area contributed by atoms with E-state index >= 15 is 0 Å². The number of rotatable bonds is 2. The van der Waals surface area contributed by atoms with Crippen molar-refractivity contribution in [3.8, 4) is 0 Å². The highest BCUT2D eigenvalue weighted by Gasteiger charge is 2.22. The predicted octanol–water partition coefficient (Wildman–Crippen LogP) is 0.779. The summed E-state index contributed by atoms with van der Waals surface area (Å²) in [6.07, 6.45) is 1.77. The van der Waals surface area contributed by atoms with Crippen molar-refractivity contribution in [1.29, 1.82) is 0 Å². The van der Waals surface area contributed by atoms with E-state index in [0.717, 1.165) is 26.2 Å². The molecule has 7 nitrogen and oxygen atoms in total. The highest BCUT2D eigenvalue weighted by molar-refractivity contribution is 5.84. The topological polar surface area (TPSA) is 70.3 Å². The van der Waals surface area contributed by atoms with Crippen LogP contribution in [-0.4, -0.2) is 52.9 Å². The lowest BCUT2D eigenvalue weighted by Crippen LogP contribution is -2.45. The lowest BCUT2D eigenvalue weighted by atomic mass is 10.3. The Kier molecular flexibility index (Phi) is 3.02. The molecular formula is C12H16N5O2-. The zero-order valence-corrected chi connectivity index (χ0v) is 10.7. The molecule has 1 N–H and O–H groups in total. The number of hydrogen-bond acceptors (Lipinski definition) is 6. The van der Waals surface area contributed by atoms with E-state index in [9.17, 15) is 10.4 Å². The summed E-state index contributed by atoms with van der Waals surface area (Å²) in [5.41, 5.74) is 0.819. The number of fused-ring (bicyclic) bond motifs is 1. The fourth-order valence-corrected chi connectivity index (χ4v) is 2.39. The number of anilines is 2. The van der Waals surface area contributed by atoms with E-state index in [2.05, 4.69) is 17.0 Å². The van der Waals surface area contributed by atoms with Gasteiger partial charge in [0.2, 0.25) is 0 Å². The number of hydrogen-bond donors (Lipinski definition) is 1. The number of aromatic nitrogens is 2. The third-order valence-electron chi connectivity index (χ3n) is 3.49. The number of likely N-dealkylation sites (N-methyl/N-ethyl adjacent to an activating group) is 1. The van der Waals surface area contributed by atoms with Crippen molar-refractivity contribution in [2.24, 2.45) is 0 Å². The van der Waals surface area contributed by atoms with Gasteiger partial charge in [0, 0.05) is 32.4 Å². The molecule has 19 heavy (non-hydrogen) atoms. The van der Waals surface area contributed by atoms with Gasteiger partial charge in [-0.2, -0.15) is 0 Å². The van der Waals surface area contributed by atoms with Gasteiger partial charge in [-0.15, -0.1) is 5.10 Å². The van der Waals surface area contributed by atoms with Gasteiger partial charge in [0.05, 0.1) is 5.52 Å². The van der Waals surface area contributed by atoms with Crippen LogP contribution < -0.4 is 10.1 Å². The Morgan fingerprint density at radius 2 is 2.00 bits per heavy atom. The lowest BCUT2D eigenvalue weighted by Gasteiger charge is -2.34. The molecule has 0 amide bonds. The summed E-state index contributed by atoms with van der Waals surface area (Å²) in [6.45, 7) is 3.41. The monoisotopic (exact) mass is 262 g/mol. The molecule has 1 aliphatic rings. The molecule has 102 valence electrons. The molecular weight excluding hydrogens is 246 g/mol. The maximum atomic E-state index is 11.4. The second-order valence-electron chi connectivity index (χ2n) is 4.77. The van der Waals surface area contributed by atoms with Crippen LogP contribution in [0.4, 0.5) is 11.5 Å². The van der Waals surface area contributed by atoms with Gasteiger partial charge >= 0.3 is 0 Å². The van der Waals surface area contributed by atoms with E-state index in [4.69, 9.17) is 0 Å². The summed E-state index contributed by atoms with van der Waals surface area (Å²) in [6, 6.07) is 5.42. The lowest BCUT2D eigenvalue weighted by molar-refractivity contribution is 0.295. The molecule has 0 saturated carbocycles. The molecule has 0 bridgehead atoms. The summed E-state index contributed by atoms with van der Waals surface area (Å²) in [5, 5.41) is 25.1. The maximum absolute atomic E-state index is 11.4. The molecule has 0 aromatic carbocycles. The standard InChI is InChI=1S/C12H16N5O2/c1-14-6-8-15(9-7-14)12-11(17(18)19)10-4-2-3-5-16(10)13-12/h2-5,18H,6-9H2,1H3/q-1. The van der Waals surface area contributed by atoms with Crippen molar-refractivity contribution in [2.75, 3.05) is 43.4 Å². The van der Waals surface area contributed by atoms with E-state index in [1.807, 2.05) is 17.0 Å². The Morgan fingerprint density at radius 3 is 2.68 bits per heavy atom. The van der Waals surface area contributed by atoms with E-state index in [-0.39, 0.29) is 10.9 Å². The molecule has 0 radical (unpaired) electrons. The van der Waals surface area contributed by atoms with Gasteiger partial charge in [-0.25, -0.2) is 4.52 Å². The Morgan fingerprint density at radius 1 is 1.26 bits per heavy atom. The number of piperazine rings is 1. The first kappa shape index (κ1) is 12.2. The van der Waals surface area contributed by atoms with Crippen molar-refractivity contribution >= 4 is 17.0 Å². The molecule has 1 fully saturated rings. The van der Waals surface area contributed by atoms with Crippen molar-refractivity contribution in [1.82, 2.24) is 14.5 Å². The van der Waals surface area contributed by atoms with Gasteiger partial charge in [-0.05, 0) is 19.2 Å². The summed E-state index contributed by atoms with van der Waals surface area (Å²) >= 11 is 0. The molecule has 3 heterocycles. The van der Waals surface area contributed by atoms with Crippen molar-refractivity contribution in [3.05, 3.63) is 29.6 Å². The number of nitrogens with zero attached hydrogens (tertiary/aromatic N) is 5. The van der Waals surface area contributed by atoms with Gasteiger partial charge < -0.3 is 20.2 Å². The van der Waals surface area contributed by atoms with Gasteiger partial charge in [-0.3, -0.25) is 5.21 Å². The van der Waals surface area contributed by atoms with Crippen LogP contribution in [0, 0.1) is 5.21 Å². The van der Waals surface area contributed by atoms with Crippen LogP contribution in [-0.2, 0) is 0 Å². The molecule has 0 spiro atoms. The molecule has 0 unspecified atom stereocenters. The quantitative estimate of drug-likeness (QED) is 0.806. The average molecular weight is 262 g/mol. The predicted molar refractivity (Wildman–Crippen MR) is 72.5 cm³/mol. The maximum Gasteiger partial charge on any atom is 0.176 e. The van der Waals surface area contributed by atoms with Gasteiger partial charge in [0.25, 0.3) is 0 Å². The Bertz CT molecular complexity index is 575. The first-order valence-corrected chi connectivity index (χ1v) is 6.24. The summed E-state index contributed by atoms with van der Waals surface area (Å²) in [5.74, 6) is 0.539. The smallest absolute Gasteiger partial charge is 0.176 e. The van der Waals surface area contributed by atoms with E-state index < -0.39 is 0 Å². The molecule has 3 rings (SSSR count). The highest BCUT2D eigenvalue weighted by atomic mass is 16.8. The molecule has 7 heteroatoms. The van der Waals surface area contributed by atoms with Crippen molar-refractivity contribution < 1.29 is 5.21 Å². The van der Waals surface area contributed by atoms with E-state index in [0.29, 0.717) is 11.3 Å². The van der Waals surface area contributed by atoms with Gasteiger partial charge in [0.15, 0.2) is 5.82 Å². The number of pyridine rings is 1. The largest absolute Gasteiger partial charge is 0.733 e. The summed E-state index contributed by atoms with van der Waals surface area (Å²) in [4.78, 5) is 4.25. The normalized spacial score (nSPS) is 17.1. The van der Waals surface area contributed by atoms with E-state index in [1.54, 1.807) is 16.8 Å². The van der Waals surface area contributed by atoms with Crippen LogP contribution in [0.5, 0.6) is 0 Å². The Balaban J connectivity index is 2.05. The fraction of sp³-hybridized carbons (Fsp3) is 0.417. The molecule has 0 atom stereocenters. The van der Waals surface area contributed by atoms with Crippen LogP contribution in [0.3, 0.4) is 0 Å². The van der Waals surface area contributed by atoms with Crippen molar-refractivity contribution in [3.63, 3.8) is 0 Å². The summed E-state index contributed by atoms with van der Waals surface area (Å²) < 4.78 is 1.62. The van der Waals surface area contributed by atoms with E-state index in [1.165, 1.54) is 0 Å². The molecule has 0 aliphatic carbocycles. The first-order valence-electron chi connectivity index (χ1n) is 6.24. The first-order chi connectivity index (χ1) is 9.16. The fourth-order valence-electron chi connectivity index (χ4n) is 2.39. The minimum absolute atomic E-state index is 0.0873. The van der Waals surface area contributed by atoms with Gasteiger partial charge in [0.1, 0.15) is 5.69 Å². The highest BCUT2D eigenvalue weighted by Crippen LogP contribution is 2.32. The average Bonchev–Trinajstić information content (AvgIpc) is 2.78. The summed E-state index contributed by atoms with van der Waals surface area (Å²) in [7, 11) is 2.06. The van der Waals surface area contributed by atoms with Crippen LogP contribution >= 0.6 is 0 Å². The SMILES string of the molecule is CN1CCN(c2nn3ccccc3c2N([O-])O)CC1. The molecule has 2 aromatic rings. The Labute approximate surface area is 110 Å². The molecule has 1 aliphatic heterocycles. The second kappa shape index (κ2) is 4.69. The molecule has 2 aromatic heterocycles.